The molecule has 1 aromatic carbocycles. The van der Waals surface area contributed by atoms with Gasteiger partial charge in [0.1, 0.15) is 0 Å². The van der Waals surface area contributed by atoms with Crippen LogP contribution in [0, 0.1) is 13.8 Å². The van der Waals surface area contributed by atoms with Gasteiger partial charge in [-0.05, 0) is 36.7 Å². The molecule has 0 saturated heterocycles. The van der Waals surface area contributed by atoms with Crippen LogP contribution in [0.2, 0.25) is 0 Å². The fraction of sp³-hybridized carbons (Fsp3) is 0.471. The predicted octanol–water partition coefficient (Wildman–Crippen LogP) is 4.10. The zero-order valence-electron chi connectivity index (χ0n) is 12.9. The first-order chi connectivity index (χ1) is 9.52. The van der Waals surface area contributed by atoms with Crippen molar-refractivity contribution in [2.24, 2.45) is 0 Å². The third kappa shape index (κ3) is 8.87. The van der Waals surface area contributed by atoms with Crippen LogP contribution in [-0.2, 0) is 9.53 Å². The van der Waals surface area contributed by atoms with E-state index in [2.05, 4.69) is 54.8 Å². The molecule has 1 aromatic rings. The molecule has 0 aliphatic carbocycles. The molecule has 20 heavy (non-hydrogen) atoms. The molecule has 0 aliphatic rings. The van der Waals surface area contributed by atoms with Gasteiger partial charge < -0.3 is 4.74 Å². The summed E-state index contributed by atoms with van der Waals surface area (Å²) >= 11 is 0. The highest BCUT2D eigenvalue weighted by Gasteiger charge is 1.93. The van der Waals surface area contributed by atoms with Gasteiger partial charge >= 0.3 is 5.97 Å². The van der Waals surface area contributed by atoms with E-state index in [0.29, 0.717) is 6.61 Å². The van der Waals surface area contributed by atoms with Crippen molar-refractivity contribution in [3.8, 4) is 0 Å². The number of rotatable bonds is 6. The van der Waals surface area contributed by atoms with Gasteiger partial charge in [-0.1, -0.05) is 51.0 Å². The monoisotopic (exact) mass is 294 g/mol. The van der Waals surface area contributed by atoms with Crippen molar-refractivity contribution in [1.29, 1.82) is 0 Å². The second kappa shape index (κ2) is 11.7. The molecule has 0 heterocycles. The Morgan fingerprint density at radius 2 is 2.00 bits per heavy atom. The number of benzene rings is 1. The molecule has 1 unspecified atom stereocenters. The molecular formula is C17H27O2P. The molecule has 0 amide bonds. The lowest BCUT2D eigenvalue weighted by molar-refractivity contribution is -0.137. The van der Waals surface area contributed by atoms with Crippen LogP contribution in [-0.4, -0.2) is 12.6 Å². The first kappa shape index (κ1) is 18.9. The summed E-state index contributed by atoms with van der Waals surface area (Å²) in [7, 11) is 2.72. The Balaban J connectivity index is 0.000000367. The lowest BCUT2D eigenvalue weighted by Crippen LogP contribution is -2.01. The van der Waals surface area contributed by atoms with Gasteiger partial charge in [0.15, 0.2) is 0 Å². The molecule has 0 aromatic heterocycles. The van der Waals surface area contributed by atoms with Gasteiger partial charge in [-0.15, -0.1) is 9.24 Å². The fourth-order valence-corrected chi connectivity index (χ4v) is 1.87. The molecule has 1 rings (SSSR count). The van der Waals surface area contributed by atoms with E-state index in [1.807, 2.05) is 0 Å². The van der Waals surface area contributed by atoms with Crippen molar-refractivity contribution in [3.63, 3.8) is 0 Å². The topological polar surface area (TPSA) is 26.3 Å². The highest BCUT2D eigenvalue weighted by atomic mass is 31.0. The van der Waals surface area contributed by atoms with Crippen molar-refractivity contribution in [3.05, 3.63) is 42.0 Å². The number of ether oxygens (including phenoxy) is 1. The zero-order chi connectivity index (χ0) is 15.4. The summed E-state index contributed by atoms with van der Waals surface area (Å²) in [6.07, 6.45) is 5.72. The third-order valence-electron chi connectivity index (χ3n) is 3.06. The minimum Gasteiger partial charge on any atom is -0.463 e. The fourth-order valence-electron chi connectivity index (χ4n) is 1.53. The smallest absolute Gasteiger partial charge is 0.330 e. The highest BCUT2D eigenvalue weighted by Crippen LogP contribution is 2.04. The lowest BCUT2D eigenvalue weighted by atomic mass is 10.1. The third-order valence-corrected chi connectivity index (χ3v) is 3.68. The van der Waals surface area contributed by atoms with Crippen LogP contribution < -0.4 is 5.30 Å². The molecule has 0 fully saturated rings. The molecule has 2 nitrogen and oxygen atoms in total. The van der Waals surface area contributed by atoms with Crippen LogP contribution in [0.3, 0.4) is 0 Å². The Bertz CT molecular complexity index is 393. The molecule has 0 bridgehead atoms. The van der Waals surface area contributed by atoms with Crippen molar-refractivity contribution in [1.82, 2.24) is 0 Å². The van der Waals surface area contributed by atoms with E-state index < -0.39 is 0 Å². The van der Waals surface area contributed by atoms with Crippen LogP contribution in [0.15, 0.2) is 30.9 Å². The summed E-state index contributed by atoms with van der Waals surface area (Å²) < 4.78 is 4.78. The second-order valence-corrected chi connectivity index (χ2v) is 5.34. The predicted molar refractivity (Wildman–Crippen MR) is 90.6 cm³/mol. The number of hydrogen-bond donors (Lipinski definition) is 0. The van der Waals surface area contributed by atoms with Crippen LogP contribution in [0.1, 0.15) is 43.7 Å². The van der Waals surface area contributed by atoms with E-state index in [1.165, 1.54) is 35.3 Å². The minimum absolute atomic E-state index is 0.318. The Morgan fingerprint density at radius 3 is 2.50 bits per heavy atom. The van der Waals surface area contributed by atoms with Crippen LogP contribution in [0.25, 0.3) is 0 Å². The van der Waals surface area contributed by atoms with Crippen molar-refractivity contribution in [2.75, 3.05) is 6.61 Å². The highest BCUT2D eigenvalue weighted by molar-refractivity contribution is 7.27. The Labute approximate surface area is 125 Å². The van der Waals surface area contributed by atoms with E-state index in [4.69, 9.17) is 4.74 Å². The molecule has 3 heteroatoms. The summed E-state index contributed by atoms with van der Waals surface area (Å²) in [6, 6.07) is 6.31. The number of carbonyl (C=O) groups excluding carboxylic acids is 1. The van der Waals surface area contributed by atoms with Crippen molar-refractivity contribution < 1.29 is 9.53 Å². The van der Waals surface area contributed by atoms with E-state index in [0.717, 1.165) is 12.8 Å². The molecular weight excluding hydrogens is 267 g/mol. The van der Waals surface area contributed by atoms with Crippen LogP contribution in [0.5, 0.6) is 0 Å². The standard InChI is InChI=1S/C9H16O2.C8H11P/c1-3-5-6-7-8-11-9(10)4-2;1-6-4-3-5-8(9)7(6)2/h4H,2-3,5-8H2,1H3;3-5H,9H2,1-2H3. The minimum atomic E-state index is -0.318. The average molecular weight is 294 g/mol. The maximum atomic E-state index is 10.5. The van der Waals surface area contributed by atoms with Crippen LogP contribution in [0.4, 0.5) is 0 Å². The number of hydrogen-bond acceptors (Lipinski definition) is 2. The normalized spacial score (nSPS) is 9.40. The number of aryl methyl sites for hydroxylation is 1. The van der Waals surface area contributed by atoms with Crippen molar-refractivity contribution in [2.45, 2.75) is 46.5 Å². The average Bonchev–Trinajstić information content (AvgIpc) is 2.45. The maximum Gasteiger partial charge on any atom is 0.330 e. The van der Waals surface area contributed by atoms with Gasteiger partial charge in [0.25, 0.3) is 0 Å². The van der Waals surface area contributed by atoms with Gasteiger partial charge in [0.05, 0.1) is 6.61 Å². The van der Waals surface area contributed by atoms with Gasteiger partial charge in [0.2, 0.25) is 0 Å². The first-order valence-corrected chi connectivity index (χ1v) is 7.71. The number of carbonyl (C=O) groups is 1. The Kier molecular flexibility index (Phi) is 11.0. The molecule has 112 valence electrons. The van der Waals surface area contributed by atoms with Crippen LogP contribution >= 0.6 is 9.24 Å². The summed E-state index contributed by atoms with van der Waals surface area (Å²) in [5.74, 6) is -0.318. The molecule has 1 atom stereocenters. The molecule has 0 aliphatic heterocycles. The maximum absolute atomic E-state index is 10.5. The van der Waals surface area contributed by atoms with E-state index >= 15 is 0 Å². The van der Waals surface area contributed by atoms with Gasteiger partial charge in [-0.3, -0.25) is 0 Å². The summed E-state index contributed by atoms with van der Waals surface area (Å²) in [4.78, 5) is 10.5. The Morgan fingerprint density at radius 1 is 1.30 bits per heavy atom. The van der Waals surface area contributed by atoms with E-state index in [1.54, 1.807) is 0 Å². The van der Waals surface area contributed by atoms with E-state index in [9.17, 15) is 4.79 Å². The quantitative estimate of drug-likeness (QED) is 0.342. The molecule has 0 radical (unpaired) electrons. The summed E-state index contributed by atoms with van der Waals surface area (Å²) in [5, 5.41) is 1.30. The number of unbranched alkanes of at least 4 members (excludes halogenated alkanes) is 3. The number of esters is 1. The van der Waals surface area contributed by atoms with Gasteiger partial charge in [0, 0.05) is 6.08 Å². The van der Waals surface area contributed by atoms with E-state index in [-0.39, 0.29) is 5.97 Å². The largest absolute Gasteiger partial charge is 0.463 e. The molecule has 0 saturated carbocycles. The lowest BCUT2D eigenvalue weighted by Gasteiger charge is -2.00. The van der Waals surface area contributed by atoms with Gasteiger partial charge in [-0.2, -0.15) is 0 Å². The zero-order valence-corrected chi connectivity index (χ0v) is 14.1. The summed E-state index contributed by atoms with van der Waals surface area (Å²) in [6.45, 7) is 10.2. The molecule has 0 N–H and O–H groups in total. The summed E-state index contributed by atoms with van der Waals surface area (Å²) in [5.41, 5.74) is 2.74. The Hall–Kier alpha value is -1.14. The second-order valence-electron chi connectivity index (χ2n) is 4.72. The SMILES string of the molecule is C=CC(=O)OCCCCCC.Cc1cccc(P)c1C. The van der Waals surface area contributed by atoms with Crippen molar-refractivity contribution >= 4 is 20.5 Å². The van der Waals surface area contributed by atoms with Gasteiger partial charge in [-0.25, -0.2) is 4.79 Å². The molecule has 0 spiro atoms. The first-order valence-electron chi connectivity index (χ1n) is 7.13.